The molecule has 0 amide bonds. The van der Waals surface area contributed by atoms with E-state index in [9.17, 15) is 0 Å². The lowest BCUT2D eigenvalue weighted by Gasteiger charge is -2.35. The predicted molar refractivity (Wildman–Crippen MR) is 77.6 cm³/mol. The summed E-state index contributed by atoms with van der Waals surface area (Å²) in [6.45, 7) is 0.668. The van der Waals surface area contributed by atoms with Gasteiger partial charge in [0.2, 0.25) is 0 Å². The number of hydrogen-bond acceptors (Lipinski definition) is 2. The summed E-state index contributed by atoms with van der Waals surface area (Å²) in [6.07, 6.45) is 1.62. The Hall–Kier alpha value is -1.51. The monoisotopic (exact) mass is 273 g/mol. The van der Waals surface area contributed by atoms with Gasteiger partial charge in [-0.2, -0.15) is 0 Å². The average molecular weight is 274 g/mol. The van der Waals surface area contributed by atoms with Gasteiger partial charge in [0.25, 0.3) is 0 Å². The van der Waals surface area contributed by atoms with Crippen molar-refractivity contribution in [2.45, 2.75) is 18.4 Å². The van der Waals surface area contributed by atoms with Crippen LogP contribution < -0.4 is 10.5 Å². The van der Waals surface area contributed by atoms with Crippen molar-refractivity contribution in [3.05, 3.63) is 64.7 Å². The van der Waals surface area contributed by atoms with Crippen molar-refractivity contribution in [2.24, 2.45) is 5.73 Å². The number of para-hydroxylation sites is 1. The predicted octanol–water partition coefficient (Wildman–Crippen LogP) is 3.52. The highest BCUT2D eigenvalue weighted by molar-refractivity contribution is 6.30. The van der Waals surface area contributed by atoms with Gasteiger partial charge < -0.3 is 10.5 Å². The first-order chi connectivity index (χ1) is 9.17. The van der Waals surface area contributed by atoms with Crippen LogP contribution in [0.25, 0.3) is 0 Å². The second-order valence-electron chi connectivity index (χ2n) is 5.05. The van der Waals surface area contributed by atoms with Crippen LogP contribution in [0.15, 0.2) is 48.5 Å². The van der Waals surface area contributed by atoms with Gasteiger partial charge >= 0.3 is 0 Å². The molecule has 0 radical (unpaired) electrons. The van der Waals surface area contributed by atoms with E-state index in [1.807, 2.05) is 42.5 Å². The topological polar surface area (TPSA) is 35.2 Å². The summed E-state index contributed by atoms with van der Waals surface area (Å²) in [6, 6.07) is 15.9. The van der Waals surface area contributed by atoms with Gasteiger partial charge in [0, 0.05) is 17.0 Å². The highest BCUT2D eigenvalue weighted by atomic mass is 35.5. The van der Waals surface area contributed by atoms with Gasteiger partial charge in [-0.15, -0.1) is 0 Å². The SMILES string of the molecule is NC1(Cc2ccc(Cl)cc2)CCOc2ccccc21. The molecule has 0 fully saturated rings. The van der Waals surface area contributed by atoms with Crippen LogP contribution in [-0.4, -0.2) is 6.61 Å². The molecule has 2 nitrogen and oxygen atoms in total. The zero-order valence-corrected chi connectivity index (χ0v) is 11.4. The molecule has 2 aromatic rings. The maximum atomic E-state index is 6.63. The number of fused-ring (bicyclic) bond motifs is 1. The van der Waals surface area contributed by atoms with Gasteiger partial charge in [0.05, 0.1) is 12.1 Å². The number of rotatable bonds is 2. The Kier molecular flexibility index (Phi) is 3.21. The molecule has 1 aliphatic heterocycles. The zero-order valence-electron chi connectivity index (χ0n) is 10.6. The minimum atomic E-state index is -0.358. The van der Waals surface area contributed by atoms with Crippen LogP contribution in [-0.2, 0) is 12.0 Å². The molecule has 98 valence electrons. The number of benzene rings is 2. The van der Waals surface area contributed by atoms with Gasteiger partial charge in [-0.25, -0.2) is 0 Å². The Bertz CT molecular complexity index is 582. The van der Waals surface area contributed by atoms with E-state index in [-0.39, 0.29) is 5.54 Å². The second-order valence-corrected chi connectivity index (χ2v) is 5.49. The molecule has 1 heterocycles. The molecule has 1 unspecified atom stereocenters. The molecule has 19 heavy (non-hydrogen) atoms. The van der Waals surface area contributed by atoms with E-state index in [1.54, 1.807) is 0 Å². The molecule has 3 rings (SSSR count). The van der Waals surface area contributed by atoms with Crippen molar-refractivity contribution in [1.29, 1.82) is 0 Å². The normalized spacial score (nSPS) is 21.6. The number of nitrogens with two attached hydrogens (primary N) is 1. The van der Waals surface area contributed by atoms with E-state index in [0.29, 0.717) is 6.61 Å². The van der Waals surface area contributed by atoms with Crippen molar-refractivity contribution in [3.8, 4) is 5.75 Å². The van der Waals surface area contributed by atoms with Crippen LogP contribution in [0.1, 0.15) is 17.5 Å². The summed E-state index contributed by atoms with van der Waals surface area (Å²) >= 11 is 5.92. The van der Waals surface area contributed by atoms with Crippen LogP contribution in [0.3, 0.4) is 0 Å². The van der Waals surface area contributed by atoms with E-state index in [4.69, 9.17) is 22.1 Å². The molecular formula is C16H16ClNO. The van der Waals surface area contributed by atoms with Gasteiger partial charge in [0.1, 0.15) is 5.75 Å². The third-order valence-electron chi connectivity index (χ3n) is 3.66. The molecule has 0 spiro atoms. The Labute approximate surface area is 118 Å². The minimum Gasteiger partial charge on any atom is -0.493 e. The van der Waals surface area contributed by atoms with E-state index < -0.39 is 0 Å². The van der Waals surface area contributed by atoms with Crippen LogP contribution in [0.4, 0.5) is 0 Å². The lowest BCUT2D eigenvalue weighted by Crippen LogP contribution is -2.43. The maximum Gasteiger partial charge on any atom is 0.124 e. The fraction of sp³-hybridized carbons (Fsp3) is 0.250. The number of hydrogen-bond donors (Lipinski definition) is 1. The van der Waals surface area contributed by atoms with Crippen LogP contribution in [0.2, 0.25) is 5.02 Å². The third-order valence-corrected chi connectivity index (χ3v) is 3.91. The van der Waals surface area contributed by atoms with E-state index in [2.05, 4.69) is 6.07 Å². The van der Waals surface area contributed by atoms with E-state index >= 15 is 0 Å². The molecule has 0 saturated heterocycles. The van der Waals surface area contributed by atoms with Gasteiger partial charge in [-0.1, -0.05) is 41.9 Å². The second kappa shape index (κ2) is 4.87. The zero-order chi connectivity index (χ0) is 13.3. The first kappa shape index (κ1) is 12.5. The molecule has 2 N–H and O–H groups in total. The fourth-order valence-corrected chi connectivity index (χ4v) is 2.76. The Balaban J connectivity index is 1.93. The van der Waals surface area contributed by atoms with E-state index in [1.165, 1.54) is 5.56 Å². The van der Waals surface area contributed by atoms with Crippen molar-refractivity contribution in [2.75, 3.05) is 6.61 Å². The summed E-state index contributed by atoms with van der Waals surface area (Å²) in [5.41, 5.74) is 8.56. The smallest absolute Gasteiger partial charge is 0.124 e. The van der Waals surface area contributed by atoms with Crippen LogP contribution >= 0.6 is 11.6 Å². The lowest BCUT2D eigenvalue weighted by atomic mass is 9.80. The molecule has 1 aliphatic rings. The third kappa shape index (κ3) is 2.46. The van der Waals surface area contributed by atoms with Gasteiger partial charge in [0.15, 0.2) is 0 Å². The fourth-order valence-electron chi connectivity index (χ4n) is 2.63. The summed E-state index contributed by atoms with van der Waals surface area (Å²) in [7, 11) is 0. The Morgan fingerprint density at radius 2 is 1.84 bits per heavy atom. The molecule has 0 saturated carbocycles. The molecule has 0 aromatic heterocycles. The van der Waals surface area contributed by atoms with Crippen molar-refractivity contribution in [1.82, 2.24) is 0 Å². The highest BCUT2D eigenvalue weighted by Crippen LogP contribution is 2.37. The van der Waals surface area contributed by atoms with E-state index in [0.717, 1.165) is 29.2 Å². The summed E-state index contributed by atoms with van der Waals surface area (Å²) in [5, 5.41) is 0.752. The quantitative estimate of drug-likeness (QED) is 0.909. The minimum absolute atomic E-state index is 0.358. The maximum absolute atomic E-state index is 6.63. The molecule has 0 bridgehead atoms. The van der Waals surface area contributed by atoms with Gasteiger partial charge in [-0.3, -0.25) is 0 Å². The van der Waals surface area contributed by atoms with Crippen LogP contribution in [0, 0.1) is 0 Å². The van der Waals surface area contributed by atoms with Gasteiger partial charge in [-0.05, 0) is 30.2 Å². The summed E-state index contributed by atoms with van der Waals surface area (Å²) in [4.78, 5) is 0. The molecular weight excluding hydrogens is 258 g/mol. The van der Waals surface area contributed by atoms with Crippen molar-refractivity contribution in [3.63, 3.8) is 0 Å². The molecule has 3 heteroatoms. The number of ether oxygens (including phenoxy) is 1. The van der Waals surface area contributed by atoms with Crippen molar-refractivity contribution < 1.29 is 4.74 Å². The summed E-state index contributed by atoms with van der Waals surface area (Å²) in [5.74, 6) is 0.908. The highest BCUT2D eigenvalue weighted by Gasteiger charge is 2.33. The Morgan fingerprint density at radius 3 is 2.63 bits per heavy atom. The summed E-state index contributed by atoms with van der Waals surface area (Å²) < 4.78 is 5.67. The van der Waals surface area contributed by atoms with Crippen LogP contribution in [0.5, 0.6) is 5.75 Å². The molecule has 1 atom stereocenters. The largest absolute Gasteiger partial charge is 0.493 e. The lowest BCUT2D eigenvalue weighted by molar-refractivity contribution is 0.215. The standard InChI is InChI=1S/C16H16ClNO/c17-13-7-5-12(6-8-13)11-16(18)9-10-19-15-4-2-1-3-14(15)16/h1-8H,9-11,18H2. The molecule has 2 aromatic carbocycles. The average Bonchev–Trinajstić information content (AvgIpc) is 2.42. The molecule has 0 aliphatic carbocycles. The van der Waals surface area contributed by atoms with Crippen molar-refractivity contribution >= 4 is 11.6 Å². The first-order valence-corrected chi connectivity index (χ1v) is 6.81. The Morgan fingerprint density at radius 1 is 1.11 bits per heavy atom. The first-order valence-electron chi connectivity index (χ1n) is 6.43. The number of halogens is 1.